The first kappa shape index (κ1) is 19.9. The molecule has 10 nitrogen and oxygen atoms in total. The number of nitrogens with zero attached hydrogens (tertiary/aromatic N) is 4. The molecule has 2 N–H and O–H groups in total. The van der Waals surface area contributed by atoms with Crippen molar-refractivity contribution in [2.24, 2.45) is 0 Å². The lowest BCUT2D eigenvalue weighted by molar-refractivity contribution is -0.918. The Labute approximate surface area is 159 Å². The first-order valence-electron chi connectivity index (χ1n) is 9.42. The maximum Gasteiger partial charge on any atom is 0.247 e. The number of carbonyl (C=O) groups is 4. The average Bonchev–Trinajstić information content (AvgIpc) is 2.58. The molecule has 0 saturated carbocycles. The van der Waals surface area contributed by atoms with Crippen LogP contribution in [0.25, 0.3) is 0 Å². The number of hydrogen-bond donors (Lipinski definition) is 2. The minimum Gasteiger partial charge on any atom is -0.306 e. The topological polar surface area (TPSA) is 102 Å². The molecule has 0 aromatic carbocycles. The molecule has 0 aliphatic carbocycles. The third kappa shape index (κ3) is 4.89. The third-order valence-corrected chi connectivity index (χ3v) is 5.58. The van der Waals surface area contributed by atoms with Crippen molar-refractivity contribution < 1.29 is 23.7 Å². The van der Waals surface area contributed by atoms with Gasteiger partial charge in [0, 0.05) is 25.7 Å². The Morgan fingerprint density at radius 1 is 0.963 bits per heavy atom. The molecule has 3 rings (SSSR count). The van der Waals surface area contributed by atoms with Crippen LogP contribution in [0.15, 0.2) is 0 Å². The fourth-order valence-electron chi connectivity index (χ4n) is 3.91. The summed E-state index contributed by atoms with van der Waals surface area (Å²) in [6, 6.07) is -0.107. The highest BCUT2D eigenvalue weighted by Gasteiger charge is 2.38. The van der Waals surface area contributed by atoms with Crippen LogP contribution in [-0.2, 0) is 19.2 Å². The maximum atomic E-state index is 12.6. The van der Waals surface area contributed by atoms with Crippen LogP contribution in [0.5, 0.6) is 0 Å². The fraction of sp³-hybridized carbons (Fsp3) is 0.765. The van der Waals surface area contributed by atoms with Gasteiger partial charge in [0.15, 0.2) is 6.67 Å². The van der Waals surface area contributed by atoms with E-state index in [9.17, 15) is 19.2 Å². The van der Waals surface area contributed by atoms with Gasteiger partial charge in [-0.25, -0.2) is 4.90 Å². The van der Waals surface area contributed by atoms with Gasteiger partial charge in [-0.1, -0.05) is 0 Å². The number of carbonyl (C=O) groups excluding carboxylic acids is 4. The standard InChI is InChI=1S/C17H28N6O4/c1-13(21-8-14(24)19-15(25)9-21)7-20-10-16(26)22(17(27)11-20)12-23(2)5-3-18-4-6-23/h13,18H,3-12H2,1-2H3/p+1. The van der Waals surface area contributed by atoms with Crippen LogP contribution in [0.1, 0.15) is 6.92 Å². The van der Waals surface area contributed by atoms with Crippen LogP contribution in [-0.4, -0.2) is 121 Å². The minimum atomic E-state index is -0.317. The van der Waals surface area contributed by atoms with Crippen molar-refractivity contribution in [3.05, 3.63) is 0 Å². The van der Waals surface area contributed by atoms with Gasteiger partial charge in [0.05, 0.1) is 46.3 Å². The quantitative estimate of drug-likeness (QED) is 0.387. The van der Waals surface area contributed by atoms with Crippen LogP contribution in [0.3, 0.4) is 0 Å². The number of likely N-dealkylation sites (N-methyl/N-ethyl adjacent to an activating group) is 1. The Kier molecular flexibility index (Phi) is 5.89. The smallest absolute Gasteiger partial charge is 0.247 e. The molecule has 1 atom stereocenters. The van der Waals surface area contributed by atoms with E-state index in [0.717, 1.165) is 26.2 Å². The van der Waals surface area contributed by atoms with Gasteiger partial charge in [-0.3, -0.25) is 34.3 Å². The van der Waals surface area contributed by atoms with Crippen molar-refractivity contribution >= 4 is 23.6 Å². The van der Waals surface area contributed by atoms with Gasteiger partial charge < -0.3 is 9.80 Å². The summed E-state index contributed by atoms with van der Waals surface area (Å²) in [4.78, 5) is 53.2. The molecule has 150 valence electrons. The van der Waals surface area contributed by atoms with Gasteiger partial charge in [-0.15, -0.1) is 0 Å². The molecule has 27 heavy (non-hydrogen) atoms. The second kappa shape index (κ2) is 8.01. The first-order chi connectivity index (χ1) is 12.8. The molecule has 3 fully saturated rings. The van der Waals surface area contributed by atoms with Gasteiger partial charge in [-0.05, 0) is 6.92 Å². The molecule has 3 heterocycles. The Hall–Kier alpha value is -1.88. The van der Waals surface area contributed by atoms with Crippen LogP contribution in [0.2, 0.25) is 0 Å². The number of hydrogen-bond acceptors (Lipinski definition) is 7. The summed E-state index contributed by atoms with van der Waals surface area (Å²) < 4.78 is 0.686. The number of rotatable bonds is 5. The summed E-state index contributed by atoms with van der Waals surface area (Å²) in [5, 5.41) is 5.57. The van der Waals surface area contributed by atoms with E-state index >= 15 is 0 Å². The number of piperazine rings is 3. The second-order valence-electron chi connectivity index (χ2n) is 8.07. The zero-order valence-electron chi connectivity index (χ0n) is 16.1. The Morgan fingerprint density at radius 3 is 2.07 bits per heavy atom. The Bertz CT molecular complexity index is 599. The molecule has 0 spiro atoms. The summed E-state index contributed by atoms with van der Waals surface area (Å²) in [5.74, 6) is -0.987. The zero-order valence-corrected chi connectivity index (χ0v) is 16.1. The number of amides is 4. The average molecular weight is 381 g/mol. The second-order valence-corrected chi connectivity index (χ2v) is 8.07. The Morgan fingerprint density at radius 2 is 1.52 bits per heavy atom. The molecule has 0 bridgehead atoms. The summed E-state index contributed by atoms with van der Waals surface area (Å²) in [6.07, 6.45) is 0. The van der Waals surface area contributed by atoms with Gasteiger partial charge in [0.2, 0.25) is 23.6 Å². The lowest BCUT2D eigenvalue weighted by Crippen LogP contribution is -2.65. The number of imide groups is 2. The van der Waals surface area contributed by atoms with E-state index in [-0.39, 0.29) is 55.8 Å². The molecule has 1 unspecified atom stereocenters. The SMILES string of the molecule is CC(CN1CC(=O)N(C[N+]2(C)CCNCC2)C(=O)C1)N1CC(=O)NC(=O)C1. The van der Waals surface area contributed by atoms with Crippen molar-refractivity contribution in [3.8, 4) is 0 Å². The lowest BCUT2D eigenvalue weighted by Gasteiger charge is -2.43. The summed E-state index contributed by atoms with van der Waals surface area (Å²) >= 11 is 0. The number of quaternary nitrogens is 1. The summed E-state index contributed by atoms with van der Waals surface area (Å²) in [6.45, 7) is 7.01. The molecule has 0 aromatic rings. The van der Waals surface area contributed by atoms with Gasteiger partial charge in [-0.2, -0.15) is 0 Å². The third-order valence-electron chi connectivity index (χ3n) is 5.58. The predicted octanol–water partition coefficient (Wildman–Crippen LogP) is -2.99. The molecule has 3 saturated heterocycles. The highest BCUT2D eigenvalue weighted by Crippen LogP contribution is 2.13. The van der Waals surface area contributed by atoms with E-state index in [1.807, 2.05) is 6.92 Å². The Balaban J connectivity index is 1.55. The van der Waals surface area contributed by atoms with E-state index in [0.29, 0.717) is 17.7 Å². The van der Waals surface area contributed by atoms with Crippen LogP contribution < -0.4 is 10.6 Å². The van der Waals surface area contributed by atoms with Crippen molar-refractivity contribution in [1.29, 1.82) is 0 Å². The first-order valence-corrected chi connectivity index (χ1v) is 9.42. The van der Waals surface area contributed by atoms with Crippen molar-refractivity contribution in [2.75, 3.05) is 72.6 Å². The highest BCUT2D eigenvalue weighted by atomic mass is 16.2. The predicted molar refractivity (Wildman–Crippen MR) is 96.1 cm³/mol. The number of nitrogens with one attached hydrogen (secondary N) is 2. The van der Waals surface area contributed by atoms with Crippen LogP contribution in [0.4, 0.5) is 0 Å². The van der Waals surface area contributed by atoms with E-state index in [1.54, 1.807) is 9.80 Å². The monoisotopic (exact) mass is 381 g/mol. The van der Waals surface area contributed by atoms with Crippen LogP contribution in [0, 0.1) is 0 Å². The van der Waals surface area contributed by atoms with E-state index in [1.165, 1.54) is 4.90 Å². The van der Waals surface area contributed by atoms with Crippen LogP contribution >= 0.6 is 0 Å². The molecule has 0 radical (unpaired) electrons. The minimum absolute atomic E-state index is 0.107. The normalized spacial score (nSPS) is 26.2. The van der Waals surface area contributed by atoms with Crippen molar-refractivity contribution in [1.82, 2.24) is 25.3 Å². The summed E-state index contributed by atoms with van der Waals surface area (Å²) in [5.41, 5.74) is 0. The molecule has 3 aliphatic heterocycles. The van der Waals surface area contributed by atoms with E-state index in [4.69, 9.17) is 0 Å². The molecule has 10 heteroatoms. The van der Waals surface area contributed by atoms with Crippen molar-refractivity contribution in [3.63, 3.8) is 0 Å². The van der Waals surface area contributed by atoms with Gasteiger partial charge in [0.25, 0.3) is 0 Å². The van der Waals surface area contributed by atoms with Crippen molar-refractivity contribution in [2.45, 2.75) is 13.0 Å². The molecular weight excluding hydrogens is 352 g/mol. The highest BCUT2D eigenvalue weighted by molar-refractivity contribution is 6.00. The largest absolute Gasteiger partial charge is 0.306 e. The van der Waals surface area contributed by atoms with E-state index < -0.39 is 0 Å². The van der Waals surface area contributed by atoms with E-state index in [2.05, 4.69) is 17.7 Å². The van der Waals surface area contributed by atoms with Gasteiger partial charge in [0.1, 0.15) is 0 Å². The lowest BCUT2D eigenvalue weighted by atomic mass is 10.2. The summed E-state index contributed by atoms with van der Waals surface area (Å²) in [7, 11) is 2.08. The zero-order chi connectivity index (χ0) is 19.6. The maximum absolute atomic E-state index is 12.6. The molecule has 3 aliphatic rings. The molecule has 0 aromatic heterocycles. The van der Waals surface area contributed by atoms with Gasteiger partial charge >= 0.3 is 0 Å². The molecule has 4 amide bonds. The fourth-order valence-corrected chi connectivity index (χ4v) is 3.91. The molecular formula is C17H29N6O4+.